The van der Waals surface area contributed by atoms with Crippen LogP contribution in [0.1, 0.15) is 18.4 Å². The number of benzene rings is 1. The molecule has 0 saturated carbocycles. The number of anilines is 1. The molecule has 0 atom stereocenters. The minimum atomic E-state index is -4.42. The molecule has 1 aliphatic heterocycles. The third-order valence-electron chi connectivity index (χ3n) is 4.25. The average Bonchev–Trinajstić information content (AvgIpc) is 2.53. The number of hydrogen-bond donors (Lipinski definition) is 1. The molecule has 0 aliphatic carbocycles. The Bertz CT molecular complexity index is 712. The highest BCUT2D eigenvalue weighted by Crippen LogP contribution is 2.30. The Morgan fingerprint density at radius 1 is 1.20 bits per heavy atom. The van der Waals surface area contributed by atoms with Crippen molar-refractivity contribution in [2.75, 3.05) is 31.7 Å². The molecule has 1 aromatic rings. The number of rotatable bonds is 3. The third kappa shape index (κ3) is 5.08. The van der Waals surface area contributed by atoms with E-state index in [1.807, 2.05) is 0 Å². The molecule has 0 bridgehead atoms. The summed E-state index contributed by atoms with van der Waals surface area (Å²) < 4.78 is 61.9. The molecule has 140 valence electrons. The number of piperidine rings is 1. The van der Waals surface area contributed by atoms with Crippen molar-refractivity contribution in [2.24, 2.45) is 0 Å². The Hall–Kier alpha value is -1.81. The predicted octanol–water partition coefficient (Wildman–Crippen LogP) is 2.59. The lowest BCUT2D eigenvalue weighted by Crippen LogP contribution is -2.48. The summed E-state index contributed by atoms with van der Waals surface area (Å²) in [5.41, 5.74) is -0.511. The predicted molar refractivity (Wildman–Crippen MR) is 87.7 cm³/mol. The van der Waals surface area contributed by atoms with E-state index in [1.54, 1.807) is 0 Å². The van der Waals surface area contributed by atoms with Gasteiger partial charge in [0.15, 0.2) is 0 Å². The van der Waals surface area contributed by atoms with E-state index < -0.39 is 27.8 Å². The fourth-order valence-corrected chi connectivity index (χ4v) is 3.40. The molecule has 1 heterocycles. The van der Waals surface area contributed by atoms with Gasteiger partial charge in [-0.1, -0.05) is 0 Å². The number of sulfonamides is 1. The second-order valence-electron chi connectivity index (χ2n) is 6.00. The molecular formula is C15H20F3N3O3S. The first-order valence-electron chi connectivity index (χ1n) is 7.64. The van der Waals surface area contributed by atoms with Crippen LogP contribution in [0.3, 0.4) is 0 Å². The van der Waals surface area contributed by atoms with Gasteiger partial charge in [0.05, 0.1) is 11.8 Å². The molecule has 0 radical (unpaired) electrons. The van der Waals surface area contributed by atoms with Gasteiger partial charge in [0.2, 0.25) is 10.0 Å². The number of likely N-dealkylation sites (tertiary alicyclic amines) is 1. The molecule has 6 nitrogen and oxygen atoms in total. The van der Waals surface area contributed by atoms with Crippen molar-refractivity contribution in [3.8, 4) is 0 Å². The number of hydrogen-bond acceptors (Lipinski definition) is 3. The van der Waals surface area contributed by atoms with Crippen molar-refractivity contribution in [2.45, 2.75) is 25.1 Å². The van der Waals surface area contributed by atoms with Crippen LogP contribution in [0.2, 0.25) is 0 Å². The van der Waals surface area contributed by atoms with Gasteiger partial charge in [-0.2, -0.15) is 13.2 Å². The van der Waals surface area contributed by atoms with E-state index in [2.05, 4.69) is 5.32 Å². The Balaban J connectivity index is 1.91. The molecule has 10 heteroatoms. The number of alkyl halides is 3. The molecule has 1 fully saturated rings. The molecule has 1 aromatic carbocycles. The van der Waals surface area contributed by atoms with Crippen LogP contribution in [-0.4, -0.2) is 56.1 Å². The molecule has 2 rings (SSSR count). The highest BCUT2D eigenvalue weighted by Gasteiger charge is 2.31. The molecule has 25 heavy (non-hydrogen) atoms. The molecule has 0 spiro atoms. The number of halogens is 3. The lowest BCUT2D eigenvalue weighted by Gasteiger charge is -2.35. The lowest BCUT2D eigenvalue weighted by atomic mass is 10.1. The first-order chi connectivity index (χ1) is 11.5. The lowest BCUT2D eigenvalue weighted by molar-refractivity contribution is -0.137. The van der Waals surface area contributed by atoms with Crippen molar-refractivity contribution >= 4 is 21.7 Å². The van der Waals surface area contributed by atoms with Gasteiger partial charge in [0, 0.05) is 31.9 Å². The fourth-order valence-electron chi connectivity index (χ4n) is 2.65. The van der Waals surface area contributed by atoms with Gasteiger partial charge in [-0.25, -0.2) is 17.5 Å². The SMILES string of the molecule is CN(C1CCN(C(=O)Nc2ccc(C(F)(F)F)cc2)CC1)S(C)(=O)=O. The van der Waals surface area contributed by atoms with Gasteiger partial charge < -0.3 is 10.2 Å². The highest BCUT2D eigenvalue weighted by atomic mass is 32.2. The van der Waals surface area contributed by atoms with Crippen LogP contribution in [0.15, 0.2) is 24.3 Å². The fraction of sp³-hybridized carbons (Fsp3) is 0.533. The van der Waals surface area contributed by atoms with Gasteiger partial charge in [-0.3, -0.25) is 0 Å². The molecule has 1 aliphatic rings. The molecule has 2 amide bonds. The van der Waals surface area contributed by atoms with Crippen molar-refractivity contribution < 1.29 is 26.4 Å². The quantitative estimate of drug-likeness (QED) is 0.878. The average molecular weight is 379 g/mol. The van der Waals surface area contributed by atoms with Crippen LogP contribution >= 0.6 is 0 Å². The molecule has 1 N–H and O–H groups in total. The van der Waals surface area contributed by atoms with Gasteiger partial charge in [-0.15, -0.1) is 0 Å². The summed E-state index contributed by atoms with van der Waals surface area (Å²) in [5, 5.41) is 2.55. The van der Waals surface area contributed by atoms with E-state index in [4.69, 9.17) is 0 Å². The van der Waals surface area contributed by atoms with Crippen LogP contribution in [0.5, 0.6) is 0 Å². The zero-order valence-electron chi connectivity index (χ0n) is 13.9. The summed E-state index contributed by atoms with van der Waals surface area (Å²) >= 11 is 0. The number of nitrogens with zero attached hydrogens (tertiary/aromatic N) is 2. The molecular weight excluding hydrogens is 359 g/mol. The second-order valence-corrected chi connectivity index (χ2v) is 8.04. The van der Waals surface area contributed by atoms with Gasteiger partial charge >= 0.3 is 12.2 Å². The topological polar surface area (TPSA) is 69.7 Å². The van der Waals surface area contributed by atoms with Crippen molar-refractivity contribution in [1.82, 2.24) is 9.21 Å². The minimum Gasteiger partial charge on any atom is -0.324 e. The number of amides is 2. The Morgan fingerprint density at radius 2 is 1.72 bits per heavy atom. The Kier molecular flexibility index (Phi) is 5.62. The van der Waals surface area contributed by atoms with E-state index in [9.17, 15) is 26.4 Å². The Labute approximate surface area is 144 Å². The van der Waals surface area contributed by atoms with Crippen molar-refractivity contribution in [3.05, 3.63) is 29.8 Å². The molecule has 0 aromatic heterocycles. The van der Waals surface area contributed by atoms with E-state index in [0.29, 0.717) is 25.9 Å². The summed E-state index contributed by atoms with van der Waals surface area (Å²) in [6.45, 7) is 0.744. The van der Waals surface area contributed by atoms with Crippen molar-refractivity contribution in [3.63, 3.8) is 0 Å². The van der Waals surface area contributed by atoms with Gasteiger partial charge in [-0.05, 0) is 37.1 Å². The van der Waals surface area contributed by atoms with Gasteiger partial charge in [0.25, 0.3) is 0 Å². The maximum absolute atomic E-state index is 12.5. The number of carbonyl (C=O) groups excluding carboxylic acids is 1. The summed E-state index contributed by atoms with van der Waals surface area (Å²) in [4.78, 5) is 13.7. The van der Waals surface area contributed by atoms with Crippen LogP contribution in [0, 0.1) is 0 Å². The molecule has 0 unspecified atom stereocenters. The normalized spacial score (nSPS) is 17.0. The van der Waals surface area contributed by atoms with Gasteiger partial charge in [0.1, 0.15) is 0 Å². The molecule has 1 saturated heterocycles. The Morgan fingerprint density at radius 3 is 2.16 bits per heavy atom. The standard InChI is InChI=1S/C15H20F3N3O3S/c1-20(25(2,23)24)13-7-9-21(10-8-13)14(22)19-12-5-3-11(4-6-12)15(16,17)18/h3-6,13H,7-10H2,1-2H3,(H,19,22). The van der Waals surface area contributed by atoms with Crippen LogP contribution in [0.4, 0.5) is 23.7 Å². The largest absolute Gasteiger partial charge is 0.416 e. The third-order valence-corrected chi connectivity index (χ3v) is 5.60. The summed E-state index contributed by atoms with van der Waals surface area (Å²) in [7, 11) is -1.77. The summed E-state index contributed by atoms with van der Waals surface area (Å²) in [5.74, 6) is 0. The van der Waals surface area contributed by atoms with E-state index in [-0.39, 0.29) is 11.7 Å². The number of nitrogens with one attached hydrogen (secondary N) is 1. The smallest absolute Gasteiger partial charge is 0.324 e. The first kappa shape index (κ1) is 19.5. The number of carbonyl (C=O) groups is 1. The minimum absolute atomic E-state index is 0.162. The zero-order chi connectivity index (χ0) is 18.8. The maximum atomic E-state index is 12.5. The summed E-state index contributed by atoms with van der Waals surface area (Å²) in [6, 6.07) is 3.63. The maximum Gasteiger partial charge on any atom is 0.416 e. The van der Waals surface area contributed by atoms with Crippen LogP contribution < -0.4 is 5.32 Å². The van der Waals surface area contributed by atoms with E-state index >= 15 is 0 Å². The summed E-state index contributed by atoms with van der Waals surface area (Å²) in [6.07, 6.45) is -2.28. The first-order valence-corrected chi connectivity index (χ1v) is 9.49. The van der Waals surface area contributed by atoms with Crippen LogP contribution in [0.25, 0.3) is 0 Å². The van der Waals surface area contributed by atoms with E-state index in [1.165, 1.54) is 28.4 Å². The number of urea groups is 1. The monoisotopic (exact) mass is 379 g/mol. The highest BCUT2D eigenvalue weighted by molar-refractivity contribution is 7.88. The van der Waals surface area contributed by atoms with Crippen LogP contribution in [-0.2, 0) is 16.2 Å². The second kappa shape index (κ2) is 7.20. The van der Waals surface area contributed by atoms with Crippen molar-refractivity contribution in [1.29, 1.82) is 0 Å². The zero-order valence-corrected chi connectivity index (χ0v) is 14.7. The van der Waals surface area contributed by atoms with E-state index in [0.717, 1.165) is 18.4 Å².